The summed E-state index contributed by atoms with van der Waals surface area (Å²) in [6.45, 7) is 1.93. The summed E-state index contributed by atoms with van der Waals surface area (Å²) < 4.78 is 7.47. The Labute approximate surface area is 122 Å². The molecule has 0 aliphatic heterocycles. The average Bonchev–Trinajstić information content (AvgIpc) is 2.87. The molecule has 0 spiro atoms. The van der Waals surface area contributed by atoms with E-state index < -0.39 is 0 Å². The number of fused-ring (bicyclic) bond motifs is 1. The van der Waals surface area contributed by atoms with Crippen molar-refractivity contribution in [3.05, 3.63) is 54.4 Å². The van der Waals surface area contributed by atoms with Crippen LogP contribution in [0.1, 0.15) is 18.1 Å². The van der Waals surface area contributed by atoms with E-state index in [1.54, 1.807) is 7.11 Å². The lowest BCUT2D eigenvalue weighted by Crippen LogP contribution is -2.01. The van der Waals surface area contributed by atoms with Gasteiger partial charge in [0, 0.05) is 5.69 Å². The minimum Gasteiger partial charge on any atom is -0.494 e. The summed E-state index contributed by atoms with van der Waals surface area (Å²) in [6.07, 6.45) is 0. The highest BCUT2D eigenvalue weighted by molar-refractivity contribution is 6.20. The molecule has 2 aromatic carbocycles. The summed E-state index contributed by atoms with van der Waals surface area (Å²) in [6, 6.07) is 16.0. The second-order valence-electron chi connectivity index (χ2n) is 4.58. The third kappa shape index (κ3) is 2.04. The summed E-state index contributed by atoms with van der Waals surface area (Å²) in [5, 5.41) is -0.188. The van der Waals surface area contributed by atoms with Crippen LogP contribution in [-0.2, 0) is 0 Å². The van der Waals surface area contributed by atoms with E-state index in [4.69, 9.17) is 16.3 Å². The maximum Gasteiger partial charge on any atom is 0.146 e. The highest BCUT2D eigenvalue weighted by Gasteiger charge is 2.18. The van der Waals surface area contributed by atoms with E-state index >= 15 is 0 Å². The van der Waals surface area contributed by atoms with Crippen LogP contribution in [0.2, 0.25) is 0 Å². The molecule has 0 aliphatic rings. The minimum atomic E-state index is -0.188. The fraction of sp³-hybridized carbons (Fsp3) is 0.188. The number of nitrogens with zero attached hydrogens (tertiary/aromatic N) is 2. The van der Waals surface area contributed by atoms with Gasteiger partial charge in [0.05, 0.1) is 18.0 Å². The SMILES string of the molecule is COc1cccc2c1nc(C(C)Cl)n2-c1ccccc1. The molecule has 102 valence electrons. The number of methoxy groups -OCH3 is 1. The Kier molecular flexibility index (Phi) is 3.36. The van der Waals surface area contributed by atoms with E-state index in [2.05, 4.69) is 9.55 Å². The van der Waals surface area contributed by atoms with Gasteiger partial charge < -0.3 is 4.74 Å². The quantitative estimate of drug-likeness (QED) is 0.670. The Morgan fingerprint density at radius 1 is 1.10 bits per heavy atom. The fourth-order valence-electron chi connectivity index (χ4n) is 2.37. The van der Waals surface area contributed by atoms with Gasteiger partial charge >= 0.3 is 0 Å². The number of hydrogen-bond donors (Lipinski definition) is 0. The molecule has 0 saturated heterocycles. The van der Waals surface area contributed by atoms with Crippen LogP contribution in [0.15, 0.2) is 48.5 Å². The van der Waals surface area contributed by atoms with Gasteiger partial charge in [0.1, 0.15) is 17.1 Å². The number of aromatic nitrogens is 2. The number of para-hydroxylation sites is 2. The molecule has 1 unspecified atom stereocenters. The van der Waals surface area contributed by atoms with Crippen LogP contribution in [0.5, 0.6) is 5.75 Å². The molecule has 0 radical (unpaired) electrons. The lowest BCUT2D eigenvalue weighted by molar-refractivity contribution is 0.419. The van der Waals surface area contributed by atoms with Crippen LogP contribution in [0.25, 0.3) is 16.7 Å². The van der Waals surface area contributed by atoms with Crippen LogP contribution >= 0.6 is 11.6 Å². The smallest absolute Gasteiger partial charge is 0.146 e. The molecule has 0 aliphatic carbocycles. The Bertz CT molecular complexity index is 735. The zero-order valence-electron chi connectivity index (χ0n) is 11.4. The van der Waals surface area contributed by atoms with Crippen molar-refractivity contribution < 1.29 is 4.74 Å². The Morgan fingerprint density at radius 3 is 2.50 bits per heavy atom. The van der Waals surface area contributed by atoms with Crippen molar-refractivity contribution in [2.75, 3.05) is 7.11 Å². The molecule has 3 aromatic rings. The number of hydrogen-bond acceptors (Lipinski definition) is 2. The predicted molar refractivity (Wildman–Crippen MR) is 81.9 cm³/mol. The Morgan fingerprint density at radius 2 is 1.85 bits per heavy atom. The first-order valence-corrected chi connectivity index (χ1v) is 6.91. The van der Waals surface area contributed by atoms with Crippen LogP contribution in [-0.4, -0.2) is 16.7 Å². The van der Waals surface area contributed by atoms with Gasteiger partial charge in [0.2, 0.25) is 0 Å². The maximum absolute atomic E-state index is 6.30. The van der Waals surface area contributed by atoms with Gasteiger partial charge in [-0.2, -0.15) is 0 Å². The number of alkyl halides is 1. The number of ether oxygens (including phenoxy) is 1. The minimum absolute atomic E-state index is 0.188. The van der Waals surface area contributed by atoms with Crippen molar-refractivity contribution in [3.8, 4) is 11.4 Å². The highest BCUT2D eigenvalue weighted by Crippen LogP contribution is 2.32. The monoisotopic (exact) mass is 286 g/mol. The van der Waals surface area contributed by atoms with E-state index in [9.17, 15) is 0 Å². The van der Waals surface area contributed by atoms with E-state index in [1.165, 1.54) is 0 Å². The number of rotatable bonds is 3. The largest absolute Gasteiger partial charge is 0.494 e. The van der Waals surface area contributed by atoms with Gasteiger partial charge in [0.15, 0.2) is 0 Å². The Hall–Kier alpha value is -2.00. The summed E-state index contributed by atoms with van der Waals surface area (Å²) in [5.41, 5.74) is 2.88. The first kappa shape index (κ1) is 13.0. The molecular formula is C16H15ClN2O. The topological polar surface area (TPSA) is 27.1 Å². The molecule has 0 saturated carbocycles. The molecule has 0 bridgehead atoms. The fourth-order valence-corrected chi connectivity index (χ4v) is 2.52. The van der Waals surface area contributed by atoms with Gasteiger partial charge in [-0.15, -0.1) is 11.6 Å². The van der Waals surface area contributed by atoms with Crippen molar-refractivity contribution in [2.24, 2.45) is 0 Å². The average molecular weight is 287 g/mol. The van der Waals surface area contributed by atoms with Crippen molar-refractivity contribution in [1.82, 2.24) is 9.55 Å². The van der Waals surface area contributed by atoms with Crippen molar-refractivity contribution in [3.63, 3.8) is 0 Å². The molecule has 4 heteroatoms. The van der Waals surface area contributed by atoms with E-state index in [0.29, 0.717) is 0 Å². The molecule has 1 atom stereocenters. The van der Waals surface area contributed by atoms with E-state index in [-0.39, 0.29) is 5.38 Å². The predicted octanol–water partition coefficient (Wildman–Crippen LogP) is 4.33. The zero-order valence-corrected chi connectivity index (χ0v) is 12.1. The van der Waals surface area contributed by atoms with Gasteiger partial charge in [-0.05, 0) is 31.2 Å². The summed E-state index contributed by atoms with van der Waals surface area (Å²) >= 11 is 6.30. The molecule has 20 heavy (non-hydrogen) atoms. The first-order valence-electron chi connectivity index (χ1n) is 6.47. The molecule has 0 N–H and O–H groups in total. The van der Waals surface area contributed by atoms with Crippen LogP contribution in [0, 0.1) is 0 Å². The summed E-state index contributed by atoms with van der Waals surface area (Å²) in [5.74, 6) is 1.58. The number of halogens is 1. The number of benzene rings is 2. The second kappa shape index (κ2) is 5.17. The second-order valence-corrected chi connectivity index (χ2v) is 5.24. The normalized spacial score (nSPS) is 12.6. The standard InChI is InChI=1S/C16H15ClN2O/c1-11(17)16-18-15-13(9-6-10-14(15)20-2)19(16)12-7-4-3-5-8-12/h3-11H,1-2H3. The van der Waals surface area contributed by atoms with Gasteiger partial charge in [-0.3, -0.25) is 4.57 Å². The molecule has 0 amide bonds. The maximum atomic E-state index is 6.30. The van der Waals surface area contributed by atoms with Crippen molar-refractivity contribution in [1.29, 1.82) is 0 Å². The molecule has 1 heterocycles. The van der Waals surface area contributed by atoms with Crippen molar-refractivity contribution >= 4 is 22.6 Å². The molecule has 3 nitrogen and oxygen atoms in total. The molecular weight excluding hydrogens is 272 g/mol. The molecule has 3 rings (SSSR count). The summed E-state index contributed by atoms with van der Waals surface area (Å²) in [4.78, 5) is 4.67. The van der Waals surface area contributed by atoms with E-state index in [1.807, 2.05) is 55.5 Å². The van der Waals surface area contributed by atoms with Gasteiger partial charge in [-0.25, -0.2) is 4.98 Å². The highest BCUT2D eigenvalue weighted by atomic mass is 35.5. The van der Waals surface area contributed by atoms with Gasteiger partial charge in [0.25, 0.3) is 0 Å². The lowest BCUT2D eigenvalue weighted by atomic mass is 10.2. The Balaban J connectivity index is 2.37. The van der Waals surface area contributed by atoms with E-state index in [0.717, 1.165) is 28.3 Å². The van der Waals surface area contributed by atoms with Gasteiger partial charge in [-0.1, -0.05) is 24.3 Å². The molecule has 1 aromatic heterocycles. The van der Waals surface area contributed by atoms with Crippen LogP contribution in [0.3, 0.4) is 0 Å². The molecule has 0 fully saturated rings. The van der Waals surface area contributed by atoms with Crippen molar-refractivity contribution in [2.45, 2.75) is 12.3 Å². The van der Waals surface area contributed by atoms with Crippen LogP contribution in [0.4, 0.5) is 0 Å². The lowest BCUT2D eigenvalue weighted by Gasteiger charge is -2.10. The zero-order chi connectivity index (χ0) is 14.1. The number of imidazole rings is 1. The summed E-state index contributed by atoms with van der Waals surface area (Å²) in [7, 11) is 1.65. The third-order valence-electron chi connectivity index (χ3n) is 3.26. The van der Waals surface area contributed by atoms with Crippen LogP contribution < -0.4 is 4.74 Å². The first-order chi connectivity index (χ1) is 9.72. The third-order valence-corrected chi connectivity index (χ3v) is 3.46.